The third-order valence-electron chi connectivity index (χ3n) is 1.64. The Kier molecular flexibility index (Phi) is 1.33. The number of benzene rings is 1. The number of nitrogens with two attached hydrogens (primary N) is 1. The van der Waals surface area contributed by atoms with Crippen LogP contribution >= 0.6 is 0 Å². The maximum Gasteiger partial charge on any atom is 0.269 e. The number of fused-ring (bicyclic) bond motifs is 1. The number of H-pyrrole nitrogens is 1. The molecule has 0 aliphatic rings. The van der Waals surface area contributed by atoms with Gasteiger partial charge in [0.2, 0.25) is 0 Å². The average Bonchev–Trinajstić information content (AvgIpc) is 2.47. The number of aromatic amines is 1. The van der Waals surface area contributed by atoms with E-state index < -0.39 is 5.91 Å². The molecule has 1 aromatic heterocycles. The molecular formula is C8H6N3O. The smallest absolute Gasteiger partial charge is 0.269 e. The minimum Gasteiger partial charge on any atom is -0.364 e. The monoisotopic (exact) mass is 160 g/mol. The number of nitrogens with one attached hydrogen (secondary N) is 1. The molecule has 3 N–H and O–H groups in total. The van der Waals surface area contributed by atoms with E-state index >= 15 is 0 Å². The molecule has 59 valence electrons. The standard InChI is InChI=1S/C8H6N3O/c9-8(12)7-5-3-1-2-4-6(5)10-11-7/h1,3-4H,(H2,9,12)(H,10,11). The van der Waals surface area contributed by atoms with Gasteiger partial charge in [0.25, 0.3) is 5.91 Å². The molecule has 0 unspecified atom stereocenters. The largest absolute Gasteiger partial charge is 0.364 e. The highest BCUT2D eigenvalue weighted by molar-refractivity contribution is 6.03. The summed E-state index contributed by atoms with van der Waals surface area (Å²) in [5, 5.41) is 7.20. The summed E-state index contributed by atoms with van der Waals surface area (Å²) in [5.41, 5.74) is 6.14. The van der Waals surface area contributed by atoms with Gasteiger partial charge in [-0.2, -0.15) is 5.10 Å². The highest BCUT2D eigenvalue weighted by atomic mass is 16.1. The summed E-state index contributed by atoms with van der Waals surface area (Å²) in [7, 11) is 0. The van der Waals surface area contributed by atoms with Crippen LogP contribution in [0.15, 0.2) is 18.2 Å². The van der Waals surface area contributed by atoms with E-state index in [1.54, 1.807) is 18.2 Å². The molecular weight excluding hydrogens is 154 g/mol. The fourth-order valence-corrected chi connectivity index (χ4v) is 1.09. The lowest BCUT2D eigenvalue weighted by Gasteiger charge is -1.87. The summed E-state index contributed by atoms with van der Waals surface area (Å²) in [6, 6.07) is 8.04. The number of carbonyl (C=O) groups excluding carboxylic acids is 1. The molecule has 0 fully saturated rings. The molecule has 1 aromatic carbocycles. The van der Waals surface area contributed by atoms with E-state index in [0.29, 0.717) is 0 Å². The zero-order chi connectivity index (χ0) is 8.55. The molecule has 4 heteroatoms. The third kappa shape index (κ3) is 0.852. The quantitative estimate of drug-likeness (QED) is 0.636. The molecule has 1 amide bonds. The van der Waals surface area contributed by atoms with Crippen LogP contribution in [0.5, 0.6) is 0 Å². The zero-order valence-electron chi connectivity index (χ0n) is 6.16. The second-order valence-electron chi connectivity index (χ2n) is 2.41. The number of hydrogen-bond donors (Lipinski definition) is 2. The number of nitrogens with zero attached hydrogens (tertiary/aromatic N) is 1. The van der Waals surface area contributed by atoms with E-state index in [-0.39, 0.29) is 5.69 Å². The van der Waals surface area contributed by atoms with Crippen molar-refractivity contribution in [3.63, 3.8) is 0 Å². The van der Waals surface area contributed by atoms with Crippen molar-refractivity contribution in [2.24, 2.45) is 5.73 Å². The van der Waals surface area contributed by atoms with Crippen LogP contribution in [0.3, 0.4) is 0 Å². The predicted octanol–water partition coefficient (Wildman–Crippen LogP) is 0.462. The molecule has 2 rings (SSSR count). The Balaban J connectivity index is 2.79. The van der Waals surface area contributed by atoms with Gasteiger partial charge in [0.05, 0.1) is 5.52 Å². The summed E-state index contributed by atoms with van der Waals surface area (Å²) in [6.07, 6.45) is 0. The van der Waals surface area contributed by atoms with Crippen molar-refractivity contribution >= 4 is 16.8 Å². The van der Waals surface area contributed by atoms with Crippen LogP contribution in [0.2, 0.25) is 0 Å². The van der Waals surface area contributed by atoms with E-state index in [1.807, 2.05) is 0 Å². The Hall–Kier alpha value is -1.84. The van der Waals surface area contributed by atoms with Crippen molar-refractivity contribution in [2.45, 2.75) is 0 Å². The van der Waals surface area contributed by atoms with E-state index in [9.17, 15) is 4.79 Å². The molecule has 2 aromatic rings. The van der Waals surface area contributed by atoms with Crippen LogP contribution in [0.4, 0.5) is 0 Å². The van der Waals surface area contributed by atoms with Gasteiger partial charge in [0.1, 0.15) is 0 Å². The second kappa shape index (κ2) is 2.34. The zero-order valence-corrected chi connectivity index (χ0v) is 6.16. The molecule has 12 heavy (non-hydrogen) atoms. The van der Waals surface area contributed by atoms with E-state index in [2.05, 4.69) is 16.3 Å². The number of primary amides is 1. The van der Waals surface area contributed by atoms with Gasteiger partial charge >= 0.3 is 0 Å². The first-order chi connectivity index (χ1) is 5.79. The first-order valence-electron chi connectivity index (χ1n) is 3.43. The first-order valence-corrected chi connectivity index (χ1v) is 3.43. The van der Waals surface area contributed by atoms with Gasteiger partial charge in [-0.3, -0.25) is 9.89 Å². The van der Waals surface area contributed by atoms with Crippen molar-refractivity contribution < 1.29 is 4.79 Å². The molecule has 0 aliphatic carbocycles. The lowest BCUT2D eigenvalue weighted by molar-refractivity contribution is 0.0997. The summed E-state index contributed by atoms with van der Waals surface area (Å²) >= 11 is 0. The van der Waals surface area contributed by atoms with Gasteiger partial charge in [-0.25, -0.2) is 0 Å². The molecule has 4 nitrogen and oxygen atoms in total. The van der Waals surface area contributed by atoms with Crippen LogP contribution in [0.25, 0.3) is 10.9 Å². The van der Waals surface area contributed by atoms with Crippen molar-refractivity contribution in [3.05, 3.63) is 30.0 Å². The highest BCUT2D eigenvalue weighted by Crippen LogP contribution is 2.13. The Bertz CT molecular complexity index is 433. The normalized spacial score (nSPS) is 10.3. The molecule has 0 spiro atoms. The van der Waals surface area contributed by atoms with Crippen LogP contribution in [-0.2, 0) is 0 Å². The minimum atomic E-state index is -0.521. The fourth-order valence-electron chi connectivity index (χ4n) is 1.09. The first kappa shape index (κ1) is 6.84. The van der Waals surface area contributed by atoms with Crippen molar-refractivity contribution in [2.75, 3.05) is 0 Å². The number of rotatable bonds is 1. The van der Waals surface area contributed by atoms with Crippen molar-refractivity contribution in [1.29, 1.82) is 0 Å². The van der Waals surface area contributed by atoms with Crippen LogP contribution < -0.4 is 5.73 Å². The number of hydrogen-bond acceptors (Lipinski definition) is 2. The fraction of sp³-hybridized carbons (Fsp3) is 0. The molecule has 1 radical (unpaired) electrons. The topological polar surface area (TPSA) is 71.8 Å². The van der Waals surface area contributed by atoms with Gasteiger partial charge in [0, 0.05) is 5.39 Å². The van der Waals surface area contributed by atoms with Crippen LogP contribution in [-0.4, -0.2) is 16.1 Å². The average molecular weight is 160 g/mol. The van der Waals surface area contributed by atoms with Crippen molar-refractivity contribution in [3.8, 4) is 0 Å². The molecule has 0 bridgehead atoms. The van der Waals surface area contributed by atoms with E-state index in [1.165, 1.54) is 0 Å². The molecule has 0 saturated carbocycles. The number of amides is 1. The lowest BCUT2D eigenvalue weighted by Crippen LogP contribution is -2.11. The van der Waals surface area contributed by atoms with Crippen LogP contribution in [0, 0.1) is 6.07 Å². The van der Waals surface area contributed by atoms with Gasteiger partial charge < -0.3 is 5.73 Å². The van der Waals surface area contributed by atoms with Gasteiger partial charge in [0.15, 0.2) is 5.69 Å². The third-order valence-corrected chi connectivity index (χ3v) is 1.64. The maximum atomic E-state index is 10.8. The molecule has 0 atom stereocenters. The SMILES string of the molecule is NC(=O)c1n[nH]c2c[c]ccc12. The molecule has 0 saturated heterocycles. The summed E-state index contributed by atoms with van der Waals surface area (Å²) in [6.45, 7) is 0. The van der Waals surface area contributed by atoms with E-state index in [4.69, 9.17) is 5.73 Å². The number of carbonyl (C=O) groups is 1. The molecule has 1 heterocycles. The second-order valence-corrected chi connectivity index (χ2v) is 2.41. The van der Waals surface area contributed by atoms with Gasteiger partial charge in [-0.15, -0.1) is 0 Å². The maximum absolute atomic E-state index is 10.8. The molecule has 0 aliphatic heterocycles. The number of aromatic nitrogens is 2. The highest BCUT2D eigenvalue weighted by Gasteiger charge is 2.08. The Morgan fingerprint density at radius 1 is 1.67 bits per heavy atom. The minimum absolute atomic E-state index is 0.277. The lowest BCUT2D eigenvalue weighted by atomic mass is 10.2. The summed E-state index contributed by atoms with van der Waals surface area (Å²) < 4.78 is 0. The summed E-state index contributed by atoms with van der Waals surface area (Å²) in [5.74, 6) is -0.521. The Morgan fingerprint density at radius 3 is 3.25 bits per heavy atom. The van der Waals surface area contributed by atoms with Crippen LogP contribution in [0.1, 0.15) is 10.5 Å². The van der Waals surface area contributed by atoms with Gasteiger partial charge in [-0.1, -0.05) is 6.07 Å². The summed E-state index contributed by atoms with van der Waals surface area (Å²) in [4.78, 5) is 10.8. The Labute approximate surface area is 68.4 Å². The predicted molar refractivity (Wildman–Crippen MR) is 43.4 cm³/mol. The van der Waals surface area contributed by atoms with Crippen molar-refractivity contribution in [1.82, 2.24) is 10.2 Å². The van der Waals surface area contributed by atoms with E-state index in [0.717, 1.165) is 10.9 Å². The Morgan fingerprint density at radius 2 is 2.50 bits per heavy atom. The van der Waals surface area contributed by atoms with Gasteiger partial charge in [-0.05, 0) is 18.2 Å².